The molecular weight excluding hydrogens is 546 g/mol. The summed E-state index contributed by atoms with van der Waals surface area (Å²) in [6, 6.07) is -1.07. The maximum Gasteiger partial charge on any atom is 0.510 e. The van der Waals surface area contributed by atoms with E-state index in [0.717, 1.165) is 4.90 Å². The third-order valence-electron chi connectivity index (χ3n) is 4.61. The minimum absolute atomic E-state index is 0.0229. The van der Waals surface area contributed by atoms with Crippen molar-refractivity contribution >= 4 is 86.7 Å². The van der Waals surface area contributed by atoms with Crippen molar-refractivity contribution in [2.24, 2.45) is 0 Å². The van der Waals surface area contributed by atoms with Gasteiger partial charge in [0.2, 0.25) is 15.3 Å². The summed E-state index contributed by atoms with van der Waals surface area (Å²) in [6.07, 6.45) is -0.746. The number of ether oxygens (including phenoxy) is 2. The zero-order valence-electron chi connectivity index (χ0n) is 17.4. The molecule has 2 rings (SSSR count). The lowest BCUT2D eigenvalue weighted by atomic mass is 10.0. The molecular formula is C18H20Cl4N2O8S. The highest BCUT2D eigenvalue weighted by Gasteiger charge is 2.56. The molecule has 2 aliphatic heterocycles. The number of nitrogens with one attached hydrogen (secondary N) is 1. The first-order valence-corrected chi connectivity index (χ1v) is 12.5. The Morgan fingerprint density at radius 1 is 1.21 bits per heavy atom. The summed E-state index contributed by atoms with van der Waals surface area (Å²) in [7, 11) is -1.71. The fraction of sp³-hybridized carbons (Fsp3) is 0.611. The molecule has 2 aliphatic rings. The number of fused-ring (bicyclic) bond motifs is 1. The number of hydrogen-bond acceptors (Lipinski definition) is 8. The normalized spacial score (nSPS) is 23.3. The van der Waals surface area contributed by atoms with Gasteiger partial charge in [0.1, 0.15) is 23.8 Å². The molecule has 184 valence electrons. The van der Waals surface area contributed by atoms with E-state index < -0.39 is 61.9 Å². The molecule has 33 heavy (non-hydrogen) atoms. The first kappa shape index (κ1) is 27.8. The van der Waals surface area contributed by atoms with E-state index in [2.05, 4.69) is 10.1 Å². The second kappa shape index (κ2) is 11.4. The molecule has 2 unspecified atom stereocenters. The molecule has 0 saturated carbocycles. The Kier molecular flexibility index (Phi) is 9.58. The number of allylic oxidation sites excluding steroid dienone is 1. The number of alkyl halides is 4. The van der Waals surface area contributed by atoms with Gasteiger partial charge >= 0.3 is 6.16 Å². The van der Waals surface area contributed by atoms with Gasteiger partial charge in [-0.3, -0.25) is 23.5 Å². The maximum absolute atomic E-state index is 12.8. The summed E-state index contributed by atoms with van der Waals surface area (Å²) in [5, 5.41) is 1.56. The van der Waals surface area contributed by atoms with E-state index in [9.17, 15) is 28.2 Å². The van der Waals surface area contributed by atoms with E-state index >= 15 is 0 Å². The lowest BCUT2D eigenvalue weighted by Gasteiger charge is -2.49. The molecule has 0 spiro atoms. The van der Waals surface area contributed by atoms with Crippen molar-refractivity contribution in [3.63, 3.8) is 0 Å². The molecule has 0 aliphatic carbocycles. The van der Waals surface area contributed by atoms with Gasteiger partial charge in [0.25, 0.3) is 5.91 Å². The van der Waals surface area contributed by atoms with Gasteiger partial charge in [0, 0.05) is 25.3 Å². The number of amides is 2. The number of rotatable bonds is 9. The Balaban J connectivity index is 2.07. The molecule has 10 nitrogen and oxygen atoms in total. The predicted octanol–water partition coefficient (Wildman–Crippen LogP) is 2.09. The first-order valence-electron chi connectivity index (χ1n) is 9.50. The largest absolute Gasteiger partial charge is 0.510 e. The van der Waals surface area contributed by atoms with Crippen LogP contribution >= 0.6 is 46.4 Å². The number of β-lactam (4-membered cyclic amide) rings is 1. The number of ketones is 2. The minimum atomic E-state index is -2.11. The van der Waals surface area contributed by atoms with E-state index in [4.69, 9.17) is 51.1 Å². The second-order valence-electron chi connectivity index (χ2n) is 7.25. The molecule has 0 aromatic rings. The Hall–Kier alpha value is -1.40. The molecule has 0 bridgehead atoms. The molecule has 1 fully saturated rings. The van der Waals surface area contributed by atoms with E-state index in [1.165, 1.54) is 13.8 Å². The van der Waals surface area contributed by atoms with Crippen LogP contribution in [0.25, 0.3) is 0 Å². The first-order chi connectivity index (χ1) is 15.2. The average Bonchev–Trinajstić information content (AvgIpc) is 2.68. The Morgan fingerprint density at radius 3 is 2.39 bits per heavy atom. The number of carbonyl (C=O) groups is 5. The molecule has 1 saturated heterocycles. The zero-order valence-corrected chi connectivity index (χ0v) is 21.2. The maximum atomic E-state index is 12.8. The summed E-state index contributed by atoms with van der Waals surface area (Å²) in [6.45, 7) is 2.07. The van der Waals surface area contributed by atoms with Gasteiger partial charge in [-0.25, -0.2) is 4.79 Å². The van der Waals surface area contributed by atoms with Crippen LogP contribution in [0.2, 0.25) is 0 Å². The summed E-state index contributed by atoms with van der Waals surface area (Å²) in [5.41, 5.74) is -1.62. The third-order valence-corrected chi connectivity index (χ3v) is 7.61. The smallest absolute Gasteiger partial charge is 0.430 e. The standard InChI is InChI=1S/C18H20Cl4N2O8S/c1-8(25)4-3-5-11(27)23-12-14(28)24-13(9(2)26)10(7-33(30)15(12)24)6-31-17(29)32-16(19)18(20,21)22/h12,15-16H,3-7H2,1-2H3,(H,23,27)/t12-,15-,16?,33?/m1/s1. The van der Waals surface area contributed by atoms with Crippen LogP contribution in [0.1, 0.15) is 33.1 Å². The van der Waals surface area contributed by atoms with Crippen molar-refractivity contribution in [3.8, 4) is 0 Å². The van der Waals surface area contributed by atoms with Crippen molar-refractivity contribution in [2.45, 2.75) is 53.9 Å². The molecule has 2 heterocycles. The predicted molar refractivity (Wildman–Crippen MR) is 120 cm³/mol. The van der Waals surface area contributed by atoms with Crippen molar-refractivity contribution in [2.75, 3.05) is 12.4 Å². The molecule has 2 amide bonds. The topological polar surface area (TPSA) is 136 Å². The van der Waals surface area contributed by atoms with Gasteiger partial charge in [0.15, 0.2) is 5.78 Å². The van der Waals surface area contributed by atoms with Crippen LogP contribution < -0.4 is 5.32 Å². The van der Waals surface area contributed by atoms with Gasteiger partial charge in [0.05, 0.1) is 22.2 Å². The van der Waals surface area contributed by atoms with E-state index in [-0.39, 0.29) is 35.6 Å². The van der Waals surface area contributed by atoms with Crippen LogP contribution in [0, 0.1) is 0 Å². The summed E-state index contributed by atoms with van der Waals surface area (Å²) in [4.78, 5) is 60.8. The van der Waals surface area contributed by atoms with Crippen LogP contribution in [0.4, 0.5) is 4.79 Å². The van der Waals surface area contributed by atoms with Gasteiger partial charge < -0.3 is 19.6 Å². The molecule has 4 atom stereocenters. The minimum Gasteiger partial charge on any atom is -0.430 e. The summed E-state index contributed by atoms with van der Waals surface area (Å²) < 4.78 is 20.1. The number of hydrogen-bond donors (Lipinski definition) is 1. The van der Waals surface area contributed by atoms with Crippen LogP contribution in [0.5, 0.6) is 0 Å². The van der Waals surface area contributed by atoms with E-state index in [1.807, 2.05) is 0 Å². The van der Waals surface area contributed by atoms with Gasteiger partial charge in [-0.15, -0.1) is 0 Å². The van der Waals surface area contributed by atoms with Crippen LogP contribution in [0.3, 0.4) is 0 Å². The highest BCUT2D eigenvalue weighted by atomic mass is 35.6. The Labute approximate surface area is 211 Å². The van der Waals surface area contributed by atoms with Crippen LogP contribution in [-0.2, 0) is 39.5 Å². The summed E-state index contributed by atoms with van der Waals surface area (Å²) >= 11 is 22.1. The van der Waals surface area contributed by atoms with E-state index in [0.29, 0.717) is 6.42 Å². The average molecular weight is 566 g/mol. The van der Waals surface area contributed by atoms with Crippen LogP contribution in [-0.4, -0.2) is 71.8 Å². The highest BCUT2D eigenvalue weighted by Crippen LogP contribution is 2.36. The van der Waals surface area contributed by atoms with Crippen LogP contribution in [0.15, 0.2) is 11.3 Å². The Morgan fingerprint density at radius 2 is 1.85 bits per heavy atom. The van der Waals surface area contributed by atoms with Gasteiger partial charge in [-0.05, 0) is 13.3 Å². The summed E-state index contributed by atoms with van der Waals surface area (Å²) in [5.74, 6) is -1.89. The van der Waals surface area contributed by atoms with Crippen molar-refractivity contribution in [1.29, 1.82) is 0 Å². The Bertz CT molecular complexity index is 920. The quantitative estimate of drug-likeness (QED) is 0.255. The molecule has 0 aromatic carbocycles. The number of nitrogens with zero attached hydrogens (tertiary/aromatic N) is 1. The molecule has 1 N–H and O–H groups in total. The van der Waals surface area contributed by atoms with Crippen molar-refractivity contribution in [1.82, 2.24) is 10.2 Å². The van der Waals surface area contributed by atoms with E-state index in [1.54, 1.807) is 0 Å². The van der Waals surface area contributed by atoms with Gasteiger partial charge in [-0.2, -0.15) is 0 Å². The number of halogens is 4. The van der Waals surface area contributed by atoms with Crippen molar-refractivity contribution < 1.29 is 37.7 Å². The number of Topliss-reactive ketones (excluding diaryl/α,β-unsaturated/α-hetero) is 2. The zero-order chi connectivity index (χ0) is 25.1. The second-order valence-corrected chi connectivity index (χ2v) is 11.5. The van der Waals surface area contributed by atoms with Crippen molar-refractivity contribution in [3.05, 3.63) is 11.3 Å². The molecule has 15 heteroatoms. The molecule has 0 aromatic heterocycles. The van der Waals surface area contributed by atoms with Gasteiger partial charge in [-0.1, -0.05) is 46.4 Å². The lowest BCUT2D eigenvalue weighted by molar-refractivity contribution is -0.147. The third kappa shape index (κ3) is 7.05. The fourth-order valence-corrected chi connectivity index (χ4v) is 5.08. The number of carbonyl (C=O) groups excluding carboxylic acids is 5. The highest BCUT2D eigenvalue weighted by molar-refractivity contribution is 7.86. The molecule has 0 radical (unpaired) electrons. The monoisotopic (exact) mass is 564 g/mol. The lowest BCUT2D eigenvalue weighted by Crippen LogP contribution is -2.73. The fourth-order valence-electron chi connectivity index (χ4n) is 3.20. The SMILES string of the molecule is CC(=O)CCCC(=O)N[C@@H]1C(=O)N2C(C(C)=O)=C(COC(=O)OC(Cl)C(Cl)(Cl)Cl)CS(=O)[C@H]12.